The van der Waals surface area contributed by atoms with Crippen LogP contribution in [0.25, 0.3) is 5.69 Å². The lowest BCUT2D eigenvalue weighted by Crippen LogP contribution is -2.28. The Morgan fingerprint density at radius 3 is 2.80 bits per heavy atom. The van der Waals surface area contributed by atoms with Gasteiger partial charge in [-0.15, -0.1) is 0 Å². The summed E-state index contributed by atoms with van der Waals surface area (Å²) in [6.45, 7) is 0. The van der Waals surface area contributed by atoms with Crippen LogP contribution in [0, 0.1) is 4.77 Å². The van der Waals surface area contributed by atoms with Crippen LogP contribution in [0.5, 0.6) is 0 Å². The molecular formula is C19H16ClN3OS. The molecule has 1 unspecified atom stereocenters. The molecule has 25 heavy (non-hydrogen) atoms. The molecule has 3 aromatic rings. The Hall–Kier alpha value is -2.37. The highest BCUT2D eigenvalue weighted by Gasteiger charge is 2.27. The number of aromatic nitrogens is 2. The molecule has 1 amide bonds. The molecule has 0 radical (unpaired) electrons. The van der Waals surface area contributed by atoms with Crippen LogP contribution in [-0.4, -0.2) is 15.5 Å². The number of nitrogens with zero attached hydrogens (tertiary/aromatic N) is 1. The molecule has 0 bridgehead atoms. The van der Waals surface area contributed by atoms with Gasteiger partial charge in [0.2, 0.25) is 0 Å². The molecule has 4 nitrogen and oxygen atoms in total. The Morgan fingerprint density at radius 2 is 2.00 bits per heavy atom. The van der Waals surface area contributed by atoms with Gasteiger partial charge < -0.3 is 10.3 Å². The number of aromatic amines is 1. The zero-order valence-corrected chi connectivity index (χ0v) is 14.9. The molecule has 126 valence electrons. The lowest BCUT2D eigenvalue weighted by molar-refractivity contribution is 0.0929. The summed E-state index contributed by atoms with van der Waals surface area (Å²) in [5.74, 6) is -0.158. The van der Waals surface area contributed by atoms with Gasteiger partial charge in [-0.3, -0.25) is 9.36 Å². The van der Waals surface area contributed by atoms with Gasteiger partial charge in [0, 0.05) is 16.9 Å². The molecule has 0 saturated carbocycles. The van der Waals surface area contributed by atoms with E-state index in [1.54, 1.807) is 10.8 Å². The molecule has 0 saturated heterocycles. The van der Waals surface area contributed by atoms with Crippen molar-refractivity contribution in [2.24, 2.45) is 0 Å². The maximum Gasteiger partial charge on any atom is 0.270 e. The molecule has 1 heterocycles. The largest absolute Gasteiger partial charge is 0.344 e. The summed E-state index contributed by atoms with van der Waals surface area (Å²) < 4.78 is 2.24. The van der Waals surface area contributed by atoms with E-state index in [0.717, 1.165) is 34.7 Å². The fraction of sp³-hybridized carbons (Fsp3) is 0.158. The quantitative estimate of drug-likeness (QED) is 0.662. The summed E-state index contributed by atoms with van der Waals surface area (Å²) in [6.07, 6.45) is 3.37. The average molecular weight is 370 g/mol. The second-order valence-corrected chi connectivity index (χ2v) is 6.82. The standard InChI is InChI=1S/C19H16ClN3OS/c20-15-8-4-7-14-13(15)9-10-16(14)22-18(24)17-11-21-19(25)23(17)12-5-2-1-3-6-12/h1-8,11,16H,9-10H2,(H,21,25)(H,22,24). The van der Waals surface area contributed by atoms with Gasteiger partial charge in [0.25, 0.3) is 5.91 Å². The second kappa shape index (κ2) is 6.50. The van der Waals surface area contributed by atoms with Crippen molar-refractivity contribution in [1.29, 1.82) is 0 Å². The van der Waals surface area contributed by atoms with E-state index in [4.69, 9.17) is 23.8 Å². The Balaban J connectivity index is 1.65. The summed E-state index contributed by atoms with van der Waals surface area (Å²) in [5.41, 5.74) is 3.57. The van der Waals surface area contributed by atoms with E-state index in [1.807, 2.05) is 48.5 Å². The molecule has 0 aliphatic heterocycles. The third-order valence-electron chi connectivity index (χ3n) is 4.54. The number of rotatable bonds is 3. The summed E-state index contributed by atoms with van der Waals surface area (Å²) in [7, 11) is 0. The maximum absolute atomic E-state index is 12.9. The van der Waals surface area contributed by atoms with Gasteiger partial charge in [0.05, 0.1) is 6.04 Å². The van der Waals surface area contributed by atoms with E-state index in [9.17, 15) is 4.79 Å². The summed E-state index contributed by atoms with van der Waals surface area (Å²) in [5, 5.41) is 3.88. The molecule has 0 fully saturated rings. The Bertz CT molecular complexity index is 993. The SMILES string of the molecule is O=C(NC1CCc2c(Cl)cccc21)c1c[nH]c(=S)n1-c1ccccc1. The average Bonchev–Trinajstić information content (AvgIpc) is 3.20. The third kappa shape index (κ3) is 2.90. The summed E-state index contributed by atoms with van der Waals surface area (Å²) in [6, 6.07) is 15.4. The molecule has 1 atom stereocenters. The highest BCUT2D eigenvalue weighted by molar-refractivity contribution is 7.71. The van der Waals surface area contributed by atoms with Crippen molar-refractivity contribution in [2.45, 2.75) is 18.9 Å². The fourth-order valence-electron chi connectivity index (χ4n) is 3.36. The van der Waals surface area contributed by atoms with Crippen molar-refractivity contribution in [2.75, 3.05) is 0 Å². The van der Waals surface area contributed by atoms with Crippen LogP contribution >= 0.6 is 23.8 Å². The predicted octanol–water partition coefficient (Wildman–Crippen LogP) is 4.61. The lowest BCUT2D eigenvalue weighted by Gasteiger charge is -2.15. The molecule has 2 aromatic carbocycles. The highest BCUT2D eigenvalue weighted by atomic mass is 35.5. The van der Waals surface area contributed by atoms with Crippen LogP contribution in [-0.2, 0) is 6.42 Å². The third-order valence-corrected chi connectivity index (χ3v) is 5.20. The van der Waals surface area contributed by atoms with Crippen LogP contribution in [0.1, 0.15) is 34.1 Å². The number of fused-ring (bicyclic) bond motifs is 1. The number of para-hydroxylation sites is 1. The molecule has 2 N–H and O–H groups in total. The van der Waals surface area contributed by atoms with E-state index in [0.29, 0.717) is 10.5 Å². The van der Waals surface area contributed by atoms with E-state index in [1.165, 1.54) is 0 Å². The molecule has 1 aliphatic carbocycles. The Labute approximate surface area is 155 Å². The first-order chi connectivity index (χ1) is 12.1. The fourth-order valence-corrected chi connectivity index (χ4v) is 3.90. The first-order valence-electron chi connectivity index (χ1n) is 8.09. The number of H-pyrrole nitrogens is 1. The molecule has 6 heteroatoms. The lowest BCUT2D eigenvalue weighted by atomic mass is 10.1. The van der Waals surface area contributed by atoms with Crippen LogP contribution in [0.3, 0.4) is 0 Å². The maximum atomic E-state index is 12.9. The van der Waals surface area contributed by atoms with Crippen molar-refractivity contribution < 1.29 is 4.79 Å². The van der Waals surface area contributed by atoms with E-state index in [2.05, 4.69) is 10.3 Å². The minimum Gasteiger partial charge on any atom is -0.344 e. The van der Waals surface area contributed by atoms with Crippen LogP contribution in [0.2, 0.25) is 5.02 Å². The van der Waals surface area contributed by atoms with Gasteiger partial charge in [0.1, 0.15) is 5.69 Å². The minimum absolute atomic E-state index is 0.0334. The number of imidazole rings is 1. The zero-order chi connectivity index (χ0) is 17.4. The molecule has 4 rings (SSSR count). The normalized spacial score (nSPS) is 15.8. The van der Waals surface area contributed by atoms with Gasteiger partial charge >= 0.3 is 0 Å². The second-order valence-electron chi connectivity index (χ2n) is 6.02. The summed E-state index contributed by atoms with van der Waals surface area (Å²) >= 11 is 11.6. The Kier molecular flexibility index (Phi) is 4.19. The number of halogens is 1. The molecule has 1 aliphatic rings. The minimum atomic E-state index is -0.158. The molecule has 0 spiro atoms. The number of amides is 1. The van der Waals surface area contributed by atoms with Crippen molar-refractivity contribution in [3.63, 3.8) is 0 Å². The van der Waals surface area contributed by atoms with Gasteiger partial charge in [-0.25, -0.2) is 0 Å². The van der Waals surface area contributed by atoms with Gasteiger partial charge in [-0.2, -0.15) is 0 Å². The zero-order valence-electron chi connectivity index (χ0n) is 13.3. The predicted molar refractivity (Wildman–Crippen MR) is 101 cm³/mol. The van der Waals surface area contributed by atoms with Crippen molar-refractivity contribution >= 4 is 29.7 Å². The van der Waals surface area contributed by atoms with Crippen LogP contribution < -0.4 is 5.32 Å². The topological polar surface area (TPSA) is 49.8 Å². The summed E-state index contributed by atoms with van der Waals surface area (Å²) in [4.78, 5) is 15.8. The van der Waals surface area contributed by atoms with Crippen LogP contribution in [0.4, 0.5) is 0 Å². The monoisotopic (exact) mass is 369 g/mol. The van der Waals surface area contributed by atoms with Crippen LogP contribution in [0.15, 0.2) is 54.7 Å². The first kappa shape index (κ1) is 16.1. The number of hydrogen-bond acceptors (Lipinski definition) is 2. The number of nitrogens with one attached hydrogen (secondary N) is 2. The Morgan fingerprint density at radius 1 is 1.20 bits per heavy atom. The van der Waals surface area contributed by atoms with E-state index < -0.39 is 0 Å². The van der Waals surface area contributed by atoms with Gasteiger partial charge in [0.15, 0.2) is 4.77 Å². The van der Waals surface area contributed by atoms with E-state index in [-0.39, 0.29) is 11.9 Å². The number of hydrogen-bond donors (Lipinski definition) is 2. The van der Waals surface area contributed by atoms with E-state index >= 15 is 0 Å². The molecular weight excluding hydrogens is 354 g/mol. The van der Waals surface area contributed by atoms with Crippen molar-refractivity contribution in [3.8, 4) is 5.69 Å². The van der Waals surface area contributed by atoms with Crippen molar-refractivity contribution in [1.82, 2.24) is 14.9 Å². The number of benzene rings is 2. The van der Waals surface area contributed by atoms with Crippen molar-refractivity contribution in [3.05, 3.63) is 81.3 Å². The molecule has 1 aromatic heterocycles. The van der Waals surface area contributed by atoms with Gasteiger partial charge in [-0.1, -0.05) is 41.9 Å². The highest BCUT2D eigenvalue weighted by Crippen LogP contribution is 2.35. The number of carbonyl (C=O) groups excluding carboxylic acids is 1. The number of carbonyl (C=O) groups is 1. The smallest absolute Gasteiger partial charge is 0.270 e. The first-order valence-corrected chi connectivity index (χ1v) is 8.88. The van der Waals surface area contributed by atoms with Gasteiger partial charge in [-0.05, 0) is 54.4 Å².